The van der Waals surface area contributed by atoms with E-state index in [2.05, 4.69) is 22.1 Å². The van der Waals surface area contributed by atoms with Gasteiger partial charge in [0.1, 0.15) is 0 Å². The van der Waals surface area contributed by atoms with Crippen molar-refractivity contribution in [1.29, 1.82) is 0 Å². The minimum atomic E-state index is -0.549. The molecule has 3 aromatic rings. The number of aromatic nitrogens is 1. The maximum atomic E-state index is 12.4. The average molecular weight is 355 g/mol. The number of amides is 2. The highest BCUT2D eigenvalue weighted by molar-refractivity contribution is 6.04. The first-order valence-electron chi connectivity index (χ1n) is 8.26. The molecular formula is C22H17N3O2. The van der Waals surface area contributed by atoms with Crippen molar-refractivity contribution < 1.29 is 9.59 Å². The van der Waals surface area contributed by atoms with Gasteiger partial charge in [-0.15, -0.1) is 0 Å². The van der Waals surface area contributed by atoms with Crippen LogP contribution in [0.2, 0.25) is 0 Å². The lowest BCUT2D eigenvalue weighted by molar-refractivity contribution is 0.0997. The SMILES string of the molecule is Cc1cccc(C(=O)Nc2cccc(C#Cc3cncc(C(N)=O)c3)c2)c1. The molecule has 0 saturated carbocycles. The van der Waals surface area contributed by atoms with Gasteiger partial charge in [-0.2, -0.15) is 0 Å². The van der Waals surface area contributed by atoms with Gasteiger partial charge in [0.2, 0.25) is 5.91 Å². The molecule has 0 spiro atoms. The van der Waals surface area contributed by atoms with E-state index in [0.717, 1.165) is 11.1 Å². The van der Waals surface area contributed by atoms with Gasteiger partial charge in [0.15, 0.2) is 0 Å². The summed E-state index contributed by atoms with van der Waals surface area (Å²) in [6, 6.07) is 16.2. The van der Waals surface area contributed by atoms with E-state index in [1.165, 1.54) is 6.20 Å². The molecule has 0 aliphatic heterocycles. The molecule has 0 bridgehead atoms. The molecule has 27 heavy (non-hydrogen) atoms. The number of aryl methyl sites for hydroxylation is 1. The van der Waals surface area contributed by atoms with Gasteiger partial charge >= 0.3 is 0 Å². The predicted molar refractivity (Wildman–Crippen MR) is 104 cm³/mol. The topological polar surface area (TPSA) is 85.1 Å². The third-order valence-electron chi connectivity index (χ3n) is 3.77. The number of pyridine rings is 1. The van der Waals surface area contributed by atoms with E-state index in [1.54, 1.807) is 30.5 Å². The van der Waals surface area contributed by atoms with Gasteiger partial charge in [-0.3, -0.25) is 14.6 Å². The maximum absolute atomic E-state index is 12.4. The second kappa shape index (κ2) is 7.98. The van der Waals surface area contributed by atoms with Crippen molar-refractivity contribution in [3.63, 3.8) is 0 Å². The second-order valence-corrected chi connectivity index (χ2v) is 5.98. The molecule has 2 amide bonds. The Morgan fingerprint density at radius 1 is 0.926 bits per heavy atom. The molecule has 5 nitrogen and oxygen atoms in total. The normalized spacial score (nSPS) is 9.81. The highest BCUT2D eigenvalue weighted by atomic mass is 16.2. The largest absolute Gasteiger partial charge is 0.366 e. The summed E-state index contributed by atoms with van der Waals surface area (Å²) in [5.74, 6) is 5.21. The van der Waals surface area contributed by atoms with Crippen LogP contribution in [-0.2, 0) is 0 Å². The summed E-state index contributed by atoms with van der Waals surface area (Å²) in [5, 5.41) is 2.87. The lowest BCUT2D eigenvalue weighted by Gasteiger charge is -2.06. The standard InChI is InChI=1S/C22H17N3O2/c1-15-4-2-6-18(10-15)22(27)25-20-7-3-5-16(12-20)8-9-17-11-19(21(23)26)14-24-13-17/h2-7,10-14H,1H3,(H2,23,26)(H,25,27). The molecule has 0 saturated heterocycles. The van der Waals surface area contributed by atoms with E-state index < -0.39 is 5.91 Å². The Morgan fingerprint density at radius 2 is 1.70 bits per heavy atom. The number of hydrogen-bond donors (Lipinski definition) is 2. The fourth-order valence-corrected chi connectivity index (χ4v) is 2.45. The van der Waals surface area contributed by atoms with Gasteiger partial charge in [-0.05, 0) is 43.3 Å². The predicted octanol–water partition coefficient (Wildman–Crippen LogP) is 3.14. The Morgan fingerprint density at radius 3 is 2.48 bits per heavy atom. The number of carbonyl (C=O) groups is 2. The zero-order valence-electron chi connectivity index (χ0n) is 14.7. The van der Waals surface area contributed by atoms with Gasteiger partial charge in [-0.25, -0.2) is 0 Å². The number of nitrogens with two attached hydrogens (primary N) is 1. The van der Waals surface area contributed by atoms with Gasteiger partial charge in [0.05, 0.1) is 5.56 Å². The van der Waals surface area contributed by atoms with Crippen LogP contribution in [0.1, 0.15) is 37.4 Å². The Bertz CT molecular complexity index is 1080. The van der Waals surface area contributed by atoms with Crippen molar-refractivity contribution in [2.75, 3.05) is 5.32 Å². The smallest absolute Gasteiger partial charge is 0.255 e. The van der Waals surface area contributed by atoms with Gasteiger partial charge in [0.25, 0.3) is 5.91 Å². The molecule has 2 aromatic carbocycles. The number of benzene rings is 2. The maximum Gasteiger partial charge on any atom is 0.255 e. The number of nitrogens with zero attached hydrogens (tertiary/aromatic N) is 1. The summed E-state index contributed by atoms with van der Waals surface area (Å²) in [6.07, 6.45) is 2.96. The van der Waals surface area contributed by atoms with Gasteiger partial charge < -0.3 is 11.1 Å². The number of hydrogen-bond acceptors (Lipinski definition) is 3. The Balaban J connectivity index is 1.78. The molecule has 3 rings (SSSR count). The van der Waals surface area contributed by atoms with Crippen molar-refractivity contribution in [1.82, 2.24) is 4.98 Å². The van der Waals surface area contributed by atoms with Crippen molar-refractivity contribution in [2.24, 2.45) is 5.73 Å². The molecular weight excluding hydrogens is 338 g/mol. The summed E-state index contributed by atoms with van der Waals surface area (Å²) < 4.78 is 0. The number of nitrogens with one attached hydrogen (secondary N) is 1. The number of carbonyl (C=O) groups excluding carboxylic acids is 2. The summed E-state index contributed by atoms with van der Waals surface area (Å²) in [6.45, 7) is 1.94. The summed E-state index contributed by atoms with van der Waals surface area (Å²) in [5.41, 5.74) is 9.13. The van der Waals surface area contributed by atoms with Crippen LogP contribution in [0.4, 0.5) is 5.69 Å². The fourth-order valence-electron chi connectivity index (χ4n) is 2.45. The van der Waals surface area contributed by atoms with Crippen LogP contribution in [0.3, 0.4) is 0 Å². The van der Waals surface area contributed by atoms with Gasteiger partial charge in [0, 0.05) is 34.8 Å². The minimum absolute atomic E-state index is 0.179. The van der Waals surface area contributed by atoms with Gasteiger partial charge in [-0.1, -0.05) is 35.6 Å². The molecule has 0 aliphatic rings. The summed E-state index contributed by atoms with van der Waals surface area (Å²) >= 11 is 0. The van der Waals surface area contributed by atoms with Crippen LogP contribution in [-0.4, -0.2) is 16.8 Å². The lowest BCUT2D eigenvalue weighted by Crippen LogP contribution is -2.11. The molecule has 132 valence electrons. The van der Waals surface area contributed by atoms with E-state index >= 15 is 0 Å². The van der Waals surface area contributed by atoms with Crippen molar-refractivity contribution in [3.05, 3.63) is 94.8 Å². The second-order valence-electron chi connectivity index (χ2n) is 5.98. The average Bonchev–Trinajstić information content (AvgIpc) is 2.67. The third kappa shape index (κ3) is 4.80. The zero-order valence-corrected chi connectivity index (χ0v) is 14.7. The minimum Gasteiger partial charge on any atom is -0.366 e. The highest BCUT2D eigenvalue weighted by Crippen LogP contribution is 2.13. The molecule has 0 fully saturated rings. The van der Waals surface area contributed by atoms with E-state index in [4.69, 9.17) is 5.73 Å². The van der Waals surface area contributed by atoms with Crippen LogP contribution >= 0.6 is 0 Å². The molecule has 5 heteroatoms. The van der Waals surface area contributed by atoms with Crippen molar-refractivity contribution in [3.8, 4) is 11.8 Å². The molecule has 1 aromatic heterocycles. The highest BCUT2D eigenvalue weighted by Gasteiger charge is 2.06. The fraction of sp³-hybridized carbons (Fsp3) is 0.0455. The first-order valence-corrected chi connectivity index (χ1v) is 8.26. The third-order valence-corrected chi connectivity index (χ3v) is 3.77. The van der Waals surface area contributed by atoms with E-state index in [9.17, 15) is 9.59 Å². The van der Waals surface area contributed by atoms with Crippen LogP contribution in [0, 0.1) is 18.8 Å². The molecule has 3 N–H and O–H groups in total. The Labute approximate surface area is 157 Å². The quantitative estimate of drug-likeness (QED) is 0.708. The first kappa shape index (κ1) is 17.9. The summed E-state index contributed by atoms with van der Waals surface area (Å²) in [4.78, 5) is 27.5. The van der Waals surface area contributed by atoms with Crippen LogP contribution < -0.4 is 11.1 Å². The molecule has 0 atom stereocenters. The Hall–Kier alpha value is -3.91. The van der Waals surface area contributed by atoms with E-state index in [-0.39, 0.29) is 5.91 Å². The van der Waals surface area contributed by atoms with Crippen molar-refractivity contribution >= 4 is 17.5 Å². The van der Waals surface area contributed by atoms with E-state index in [0.29, 0.717) is 22.4 Å². The number of rotatable bonds is 3. The monoisotopic (exact) mass is 355 g/mol. The number of anilines is 1. The first-order chi connectivity index (χ1) is 13.0. The molecule has 0 radical (unpaired) electrons. The molecule has 0 aliphatic carbocycles. The summed E-state index contributed by atoms with van der Waals surface area (Å²) in [7, 11) is 0. The van der Waals surface area contributed by atoms with Crippen LogP contribution in [0.5, 0.6) is 0 Å². The van der Waals surface area contributed by atoms with Crippen LogP contribution in [0.15, 0.2) is 67.0 Å². The molecule has 1 heterocycles. The molecule has 0 unspecified atom stereocenters. The lowest BCUT2D eigenvalue weighted by atomic mass is 10.1. The number of primary amides is 1. The van der Waals surface area contributed by atoms with Crippen molar-refractivity contribution in [2.45, 2.75) is 6.92 Å². The van der Waals surface area contributed by atoms with Crippen LogP contribution in [0.25, 0.3) is 0 Å². The van der Waals surface area contributed by atoms with E-state index in [1.807, 2.05) is 37.3 Å². The zero-order chi connectivity index (χ0) is 19.2. The Kier molecular flexibility index (Phi) is 5.29.